The van der Waals surface area contributed by atoms with E-state index < -0.39 is 0 Å². The Kier molecular flexibility index (Phi) is 9.66. The third-order valence-electron chi connectivity index (χ3n) is 5.29. The summed E-state index contributed by atoms with van der Waals surface area (Å²) in [5.74, 6) is 1.69. The van der Waals surface area contributed by atoms with Crippen LogP contribution < -0.4 is 15.4 Å². The number of hydrogen-bond donors (Lipinski definition) is 2. The average Bonchev–Trinajstić information content (AvgIpc) is 3.26. The zero-order chi connectivity index (χ0) is 19.8. The number of likely N-dealkylation sites (tertiary alicyclic amines) is 1. The Morgan fingerprint density at radius 2 is 2.00 bits per heavy atom. The smallest absolute Gasteiger partial charge is 0.191 e. The molecular formula is C22H32IN5O. The molecule has 1 aliphatic heterocycles. The number of guanidine groups is 1. The van der Waals surface area contributed by atoms with Gasteiger partial charge in [0.05, 0.1) is 25.4 Å². The van der Waals surface area contributed by atoms with Gasteiger partial charge in [-0.25, -0.2) is 0 Å². The molecule has 1 aromatic heterocycles. The zero-order valence-electron chi connectivity index (χ0n) is 17.5. The zero-order valence-corrected chi connectivity index (χ0v) is 19.8. The van der Waals surface area contributed by atoms with Crippen molar-refractivity contribution in [2.75, 3.05) is 33.8 Å². The van der Waals surface area contributed by atoms with Crippen LogP contribution in [0.5, 0.6) is 5.75 Å². The van der Waals surface area contributed by atoms with Gasteiger partial charge >= 0.3 is 0 Å². The lowest BCUT2D eigenvalue weighted by molar-refractivity contribution is 0.245. The number of nitrogens with one attached hydrogen (secondary N) is 2. The number of methoxy groups -OCH3 is 1. The van der Waals surface area contributed by atoms with Crippen molar-refractivity contribution >= 4 is 29.9 Å². The number of aliphatic imine (C=N–C) groups is 1. The molecule has 1 unspecified atom stereocenters. The van der Waals surface area contributed by atoms with Crippen molar-refractivity contribution in [2.45, 2.75) is 32.4 Å². The largest absolute Gasteiger partial charge is 0.497 e. The molecule has 0 amide bonds. The van der Waals surface area contributed by atoms with Gasteiger partial charge in [-0.15, -0.1) is 24.0 Å². The van der Waals surface area contributed by atoms with E-state index in [-0.39, 0.29) is 30.0 Å². The van der Waals surface area contributed by atoms with Crippen LogP contribution in [0.2, 0.25) is 0 Å². The SMILES string of the molecule is CN=C(NCc1ncccc1C)NCC(c1cccc(OC)c1)N1CCCC1.I. The van der Waals surface area contributed by atoms with E-state index in [0.29, 0.717) is 6.54 Å². The highest BCUT2D eigenvalue weighted by atomic mass is 127. The van der Waals surface area contributed by atoms with Crippen molar-refractivity contribution in [1.82, 2.24) is 20.5 Å². The predicted octanol–water partition coefficient (Wildman–Crippen LogP) is 3.52. The van der Waals surface area contributed by atoms with Crippen LogP contribution in [0.25, 0.3) is 0 Å². The number of hydrogen-bond acceptors (Lipinski definition) is 4. The van der Waals surface area contributed by atoms with E-state index in [1.807, 2.05) is 18.3 Å². The van der Waals surface area contributed by atoms with Gasteiger partial charge in [0.1, 0.15) is 5.75 Å². The van der Waals surface area contributed by atoms with Crippen molar-refractivity contribution in [3.05, 3.63) is 59.4 Å². The molecule has 1 aliphatic rings. The van der Waals surface area contributed by atoms with E-state index in [4.69, 9.17) is 4.74 Å². The molecule has 158 valence electrons. The maximum absolute atomic E-state index is 5.43. The number of rotatable bonds is 7. The van der Waals surface area contributed by atoms with Crippen molar-refractivity contribution in [3.8, 4) is 5.75 Å². The second-order valence-corrected chi connectivity index (χ2v) is 7.11. The number of pyridine rings is 1. The molecule has 1 atom stereocenters. The standard InChI is InChI=1S/C22H31N5O.HI/c1-17-8-7-11-24-20(17)15-25-22(23-2)26-16-21(27-12-4-5-13-27)18-9-6-10-19(14-18)28-3;/h6-11,14,21H,4-5,12-13,15-16H2,1-3H3,(H2,23,25,26);1H. The van der Waals surface area contributed by atoms with E-state index >= 15 is 0 Å². The summed E-state index contributed by atoms with van der Waals surface area (Å²) in [7, 11) is 3.52. The Labute approximate surface area is 191 Å². The Bertz CT molecular complexity index is 792. The summed E-state index contributed by atoms with van der Waals surface area (Å²) in [6.45, 7) is 5.77. The fourth-order valence-corrected chi connectivity index (χ4v) is 3.64. The van der Waals surface area contributed by atoms with Gasteiger partial charge in [-0.3, -0.25) is 14.9 Å². The topological polar surface area (TPSA) is 61.8 Å². The van der Waals surface area contributed by atoms with Gasteiger partial charge in [0.15, 0.2) is 5.96 Å². The number of nitrogens with zero attached hydrogens (tertiary/aromatic N) is 3. The Morgan fingerprint density at radius 1 is 1.21 bits per heavy atom. The Balaban J connectivity index is 0.00000300. The minimum absolute atomic E-state index is 0. The molecule has 29 heavy (non-hydrogen) atoms. The number of halogens is 1. The second kappa shape index (κ2) is 12.0. The van der Waals surface area contributed by atoms with Crippen LogP contribution in [0.3, 0.4) is 0 Å². The minimum Gasteiger partial charge on any atom is -0.497 e. The fraction of sp³-hybridized carbons (Fsp3) is 0.455. The maximum Gasteiger partial charge on any atom is 0.191 e. The molecule has 7 heteroatoms. The van der Waals surface area contributed by atoms with Gasteiger partial charge in [0.2, 0.25) is 0 Å². The summed E-state index contributed by atoms with van der Waals surface area (Å²) in [6.07, 6.45) is 4.34. The summed E-state index contributed by atoms with van der Waals surface area (Å²) in [5.41, 5.74) is 3.48. The van der Waals surface area contributed by atoms with Gasteiger partial charge in [-0.2, -0.15) is 0 Å². The molecule has 0 bridgehead atoms. The van der Waals surface area contributed by atoms with E-state index in [9.17, 15) is 0 Å². The molecular weight excluding hydrogens is 477 g/mol. The number of ether oxygens (including phenoxy) is 1. The summed E-state index contributed by atoms with van der Waals surface area (Å²) < 4.78 is 5.43. The lowest BCUT2D eigenvalue weighted by Gasteiger charge is -2.29. The molecule has 1 aromatic carbocycles. The van der Waals surface area contributed by atoms with Crippen LogP contribution >= 0.6 is 24.0 Å². The van der Waals surface area contributed by atoms with Gasteiger partial charge in [-0.1, -0.05) is 18.2 Å². The highest BCUT2D eigenvalue weighted by molar-refractivity contribution is 14.0. The van der Waals surface area contributed by atoms with E-state index in [0.717, 1.165) is 37.0 Å². The summed E-state index contributed by atoms with van der Waals surface area (Å²) in [5, 5.41) is 6.88. The molecule has 0 spiro atoms. The van der Waals surface area contributed by atoms with Crippen LogP contribution in [0.4, 0.5) is 0 Å². The molecule has 0 saturated carbocycles. The Morgan fingerprint density at radius 3 is 2.69 bits per heavy atom. The van der Waals surface area contributed by atoms with Gasteiger partial charge in [0, 0.05) is 19.8 Å². The first-order valence-electron chi connectivity index (χ1n) is 9.94. The first-order valence-corrected chi connectivity index (χ1v) is 9.94. The van der Waals surface area contributed by atoms with Crippen LogP contribution in [0.1, 0.15) is 35.7 Å². The Hall–Kier alpha value is -1.87. The number of aromatic nitrogens is 1. The van der Waals surface area contributed by atoms with Crippen molar-refractivity contribution < 1.29 is 4.74 Å². The highest BCUT2D eigenvalue weighted by Crippen LogP contribution is 2.27. The van der Waals surface area contributed by atoms with Crippen LogP contribution in [-0.4, -0.2) is 49.6 Å². The van der Waals surface area contributed by atoms with Crippen LogP contribution in [0.15, 0.2) is 47.6 Å². The van der Waals surface area contributed by atoms with Gasteiger partial charge in [0.25, 0.3) is 0 Å². The van der Waals surface area contributed by atoms with Gasteiger partial charge in [-0.05, 0) is 62.2 Å². The number of aryl methyl sites for hydroxylation is 1. The van der Waals surface area contributed by atoms with Crippen LogP contribution in [0, 0.1) is 6.92 Å². The quantitative estimate of drug-likeness (QED) is 0.340. The molecule has 0 aliphatic carbocycles. The van der Waals surface area contributed by atoms with Crippen molar-refractivity contribution in [2.24, 2.45) is 4.99 Å². The summed E-state index contributed by atoms with van der Waals surface area (Å²) in [6, 6.07) is 12.7. The molecule has 3 rings (SSSR count). The number of benzene rings is 1. The molecule has 0 radical (unpaired) electrons. The summed E-state index contributed by atoms with van der Waals surface area (Å²) >= 11 is 0. The molecule has 1 fully saturated rings. The molecule has 2 N–H and O–H groups in total. The minimum atomic E-state index is 0. The van der Waals surface area contributed by atoms with Crippen molar-refractivity contribution in [1.29, 1.82) is 0 Å². The molecule has 6 nitrogen and oxygen atoms in total. The lowest BCUT2D eigenvalue weighted by Crippen LogP contribution is -2.42. The highest BCUT2D eigenvalue weighted by Gasteiger charge is 2.24. The lowest BCUT2D eigenvalue weighted by atomic mass is 10.1. The van der Waals surface area contributed by atoms with Crippen molar-refractivity contribution in [3.63, 3.8) is 0 Å². The molecule has 2 aromatic rings. The normalized spacial score (nSPS) is 15.5. The first kappa shape index (κ1) is 23.4. The van der Waals surface area contributed by atoms with Gasteiger partial charge < -0.3 is 15.4 Å². The van der Waals surface area contributed by atoms with E-state index in [2.05, 4.69) is 56.7 Å². The third-order valence-corrected chi connectivity index (χ3v) is 5.29. The first-order chi connectivity index (χ1) is 13.7. The monoisotopic (exact) mass is 509 g/mol. The fourth-order valence-electron chi connectivity index (χ4n) is 3.64. The predicted molar refractivity (Wildman–Crippen MR) is 129 cm³/mol. The molecule has 2 heterocycles. The summed E-state index contributed by atoms with van der Waals surface area (Å²) in [4.78, 5) is 11.4. The van der Waals surface area contributed by atoms with Crippen LogP contribution in [-0.2, 0) is 6.54 Å². The third kappa shape index (κ3) is 6.57. The maximum atomic E-state index is 5.43. The van der Waals surface area contributed by atoms with E-state index in [1.54, 1.807) is 14.2 Å². The van der Waals surface area contributed by atoms with E-state index in [1.165, 1.54) is 24.0 Å². The second-order valence-electron chi connectivity index (χ2n) is 7.11. The average molecular weight is 509 g/mol. The molecule has 1 saturated heterocycles.